The van der Waals surface area contributed by atoms with Crippen molar-refractivity contribution < 1.29 is 0 Å². The van der Waals surface area contributed by atoms with Crippen molar-refractivity contribution in [3.63, 3.8) is 0 Å². The van der Waals surface area contributed by atoms with Gasteiger partial charge in [-0.1, -0.05) is 152 Å². The van der Waals surface area contributed by atoms with Crippen LogP contribution in [0.3, 0.4) is 0 Å². The first-order chi connectivity index (χ1) is 23.8. The van der Waals surface area contributed by atoms with E-state index in [1.165, 1.54) is 98.0 Å². The molecular formula is C48H30. The molecule has 0 atom stereocenters. The van der Waals surface area contributed by atoms with Crippen molar-refractivity contribution in [3.8, 4) is 33.4 Å². The van der Waals surface area contributed by atoms with E-state index < -0.39 is 0 Å². The van der Waals surface area contributed by atoms with Crippen molar-refractivity contribution in [1.82, 2.24) is 0 Å². The van der Waals surface area contributed by atoms with Crippen LogP contribution in [0.1, 0.15) is 0 Å². The van der Waals surface area contributed by atoms with Gasteiger partial charge in [-0.15, -0.1) is 0 Å². The van der Waals surface area contributed by atoms with E-state index in [1.54, 1.807) is 0 Å². The van der Waals surface area contributed by atoms with E-state index in [2.05, 4.69) is 182 Å². The van der Waals surface area contributed by atoms with E-state index in [0.29, 0.717) is 0 Å². The highest BCUT2D eigenvalue weighted by atomic mass is 14.2. The molecule has 10 aromatic carbocycles. The lowest BCUT2D eigenvalue weighted by molar-refractivity contribution is 1.67. The van der Waals surface area contributed by atoms with E-state index in [4.69, 9.17) is 0 Å². The smallest absolute Gasteiger partial charge is 0.00259 e. The first kappa shape index (κ1) is 26.9. The second-order valence-electron chi connectivity index (χ2n) is 12.9. The van der Waals surface area contributed by atoms with Crippen LogP contribution in [-0.4, -0.2) is 0 Å². The summed E-state index contributed by atoms with van der Waals surface area (Å²) >= 11 is 0. The zero-order chi connectivity index (χ0) is 31.6. The lowest BCUT2D eigenvalue weighted by Gasteiger charge is -2.20. The number of benzene rings is 10. The minimum Gasteiger partial charge on any atom is -0.0622 e. The van der Waals surface area contributed by atoms with Crippen molar-refractivity contribution in [1.29, 1.82) is 0 Å². The van der Waals surface area contributed by atoms with Crippen molar-refractivity contribution in [2.24, 2.45) is 0 Å². The molecule has 0 heteroatoms. The lowest BCUT2D eigenvalue weighted by Crippen LogP contribution is -1.93. The minimum atomic E-state index is 1.23. The second-order valence-corrected chi connectivity index (χ2v) is 12.9. The largest absolute Gasteiger partial charge is 0.0622 e. The fourth-order valence-corrected chi connectivity index (χ4v) is 7.94. The summed E-state index contributed by atoms with van der Waals surface area (Å²) in [5.41, 5.74) is 7.53. The van der Waals surface area contributed by atoms with Crippen LogP contribution in [0.25, 0.3) is 98.0 Å². The average Bonchev–Trinajstić information content (AvgIpc) is 3.16. The van der Waals surface area contributed by atoms with Gasteiger partial charge >= 0.3 is 0 Å². The standard InChI is InChI=1S/C48H30/c1-2-14-33(15-3-1)42-28-36-18-8-9-19-39(36)43-29-45-46(30-44(42)43)48(38-25-23-32-13-5-7-17-35(32)27-38)41-21-11-10-20-40(41)47(45)37-24-22-31-12-4-6-16-34(31)26-37/h1-30H. The van der Waals surface area contributed by atoms with Crippen LogP contribution in [-0.2, 0) is 0 Å². The average molecular weight is 607 g/mol. The third kappa shape index (κ3) is 4.16. The van der Waals surface area contributed by atoms with Gasteiger partial charge in [0.15, 0.2) is 0 Å². The molecule has 0 unspecified atom stereocenters. The second kappa shape index (κ2) is 10.7. The zero-order valence-corrected chi connectivity index (χ0v) is 26.3. The Balaban J connectivity index is 1.43. The molecule has 222 valence electrons. The summed E-state index contributed by atoms with van der Waals surface area (Å²) in [7, 11) is 0. The summed E-state index contributed by atoms with van der Waals surface area (Å²) in [6, 6.07) is 67.3. The van der Waals surface area contributed by atoms with Crippen molar-refractivity contribution in [2.45, 2.75) is 0 Å². The molecule has 0 amide bonds. The molecule has 0 aliphatic carbocycles. The molecule has 0 saturated heterocycles. The summed E-state index contributed by atoms with van der Waals surface area (Å²) in [6.07, 6.45) is 0. The molecule has 10 aromatic rings. The first-order valence-electron chi connectivity index (χ1n) is 16.7. The lowest BCUT2D eigenvalue weighted by atomic mass is 9.82. The van der Waals surface area contributed by atoms with Gasteiger partial charge < -0.3 is 0 Å². The molecule has 0 N–H and O–H groups in total. The predicted molar refractivity (Wildman–Crippen MR) is 208 cm³/mol. The van der Waals surface area contributed by atoms with E-state index >= 15 is 0 Å². The summed E-state index contributed by atoms with van der Waals surface area (Å²) < 4.78 is 0. The molecule has 0 fully saturated rings. The number of fused-ring (bicyclic) bond motifs is 7. The number of hydrogen-bond acceptors (Lipinski definition) is 0. The highest BCUT2D eigenvalue weighted by molar-refractivity contribution is 6.27. The third-order valence-corrected chi connectivity index (χ3v) is 10.2. The normalized spacial score (nSPS) is 11.8. The SMILES string of the molecule is c1ccc(-c2cc3ccccc3c3cc4c(-c5ccc6ccccc6c5)c5ccccc5c(-c5ccc6ccccc6c5)c4cc23)cc1. The van der Waals surface area contributed by atoms with Crippen molar-refractivity contribution in [3.05, 3.63) is 182 Å². The van der Waals surface area contributed by atoms with Gasteiger partial charge in [-0.2, -0.15) is 0 Å². The molecule has 0 bridgehead atoms. The number of rotatable bonds is 3. The first-order valence-corrected chi connectivity index (χ1v) is 16.7. The van der Waals surface area contributed by atoms with Gasteiger partial charge in [0, 0.05) is 0 Å². The molecule has 0 heterocycles. The summed E-state index contributed by atoms with van der Waals surface area (Å²) in [5, 5.41) is 15.2. The number of hydrogen-bond donors (Lipinski definition) is 0. The molecule has 0 saturated carbocycles. The van der Waals surface area contributed by atoms with Crippen molar-refractivity contribution in [2.75, 3.05) is 0 Å². The van der Waals surface area contributed by atoms with Crippen LogP contribution >= 0.6 is 0 Å². The Labute approximate surface area is 279 Å². The van der Waals surface area contributed by atoms with E-state index in [0.717, 1.165) is 0 Å². The van der Waals surface area contributed by atoms with Gasteiger partial charge in [-0.25, -0.2) is 0 Å². The Hall–Kier alpha value is -6.24. The maximum Gasteiger partial charge on any atom is -0.00259 e. The van der Waals surface area contributed by atoms with E-state index in [1.807, 2.05) is 0 Å². The fraction of sp³-hybridized carbons (Fsp3) is 0. The Morgan fingerprint density at radius 3 is 1.25 bits per heavy atom. The van der Waals surface area contributed by atoms with Gasteiger partial charge in [0.25, 0.3) is 0 Å². The highest BCUT2D eigenvalue weighted by Crippen LogP contribution is 2.47. The van der Waals surface area contributed by atoms with Crippen LogP contribution in [0.4, 0.5) is 0 Å². The van der Waals surface area contributed by atoms with Crippen LogP contribution in [0.5, 0.6) is 0 Å². The quantitative estimate of drug-likeness (QED) is 0.139. The Morgan fingerprint density at radius 1 is 0.208 bits per heavy atom. The molecule has 0 nitrogen and oxygen atoms in total. The van der Waals surface area contributed by atoms with Crippen LogP contribution in [0.2, 0.25) is 0 Å². The monoisotopic (exact) mass is 606 g/mol. The maximum atomic E-state index is 2.49. The van der Waals surface area contributed by atoms with Crippen LogP contribution in [0, 0.1) is 0 Å². The maximum absolute atomic E-state index is 2.49. The van der Waals surface area contributed by atoms with Gasteiger partial charge in [0.2, 0.25) is 0 Å². The van der Waals surface area contributed by atoms with Crippen molar-refractivity contribution >= 4 is 64.6 Å². The van der Waals surface area contributed by atoms with Gasteiger partial charge in [-0.3, -0.25) is 0 Å². The molecule has 0 aromatic heterocycles. The summed E-state index contributed by atoms with van der Waals surface area (Å²) in [5.74, 6) is 0. The third-order valence-electron chi connectivity index (χ3n) is 10.2. The molecule has 48 heavy (non-hydrogen) atoms. The van der Waals surface area contributed by atoms with Gasteiger partial charge in [0.05, 0.1) is 0 Å². The topological polar surface area (TPSA) is 0 Å². The molecular weight excluding hydrogens is 577 g/mol. The molecule has 0 spiro atoms. The Kier molecular flexibility index (Phi) is 5.98. The predicted octanol–water partition coefficient (Wildman–Crippen LogP) is 13.6. The molecule has 0 aliphatic heterocycles. The highest BCUT2D eigenvalue weighted by Gasteiger charge is 2.20. The van der Waals surface area contributed by atoms with Crippen LogP contribution < -0.4 is 0 Å². The van der Waals surface area contributed by atoms with E-state index in [9.17, 15) is 0 Å². The Morgan fingerprint density at radius 2 is 0.667 bits per heavy atom. The van der Waals surface area contributed by atoms with Gasteiger partial charge in [-0.05, 0) is 128 Å². The van der Waals surface area contributed by atoms with Gasteiger partial charge in [0.1, 0.15) is 0 Å². The summed E-state index contributed by atoms with van der Waals surface area (Å²) in [6.45, 7) is 0. The Bertz CT molecular complexity index is 2880. The van der Waals surface area contributed by atoms with Crippen LogP contribution in [0.15, 0.2) is 182 Å². The van der Waals surface area contributed by atoms with E-state index in [-0.39, 0.29) is 0 Å². The molecule has 0 radical (unpaired) electrons. The minimum absolute atomic E-state index is 1.23. The molecule has 10 rings (SSSR count). The zero-order valence-electron chi connectivity index (χ0n) is 26.3. The fourth-order valence-electron chi connectivity index (χ4n) is 7.94. The summed E-state index contributed by atoms with van der Waals surface area (Å²) in [4.78, 5) is 0. The molecule has 0 aliphatic rings.